The maximum absolute atomic E-state index is 11.7. The number of carboxylic acids is 1. The Morgan fingerprint density at radius 2 is 2.05 bits per heavy atom. The van der Waals surface area contributed by atoms with Crippen molar-refractivity contribution in [2.75, 3.05) is 34.2 Å². The Morgan fingerprint density at radius 1 is 1.37 bits per heavy atom. The summed E-state index contributed by atoms with van der Waals surface area (Å²) in [5.41, 5.74) is 0.00945. The van der Waals surface area contributed by atoms with Crippen LogP contribution in [-0.4, -0.2) is 66.1 Å². The van der Waals surface area contributed by atoms with Gasteiger partial charge >= 0.3 is 12.0 Å². The van der Waals surface area contributed by atoms with Crippen molar-refractivity contribution in [2.45, 2.75) is 6.54 Å². The molecule has 0 saturated carbocycles. The first-order chi connectivity index (χ1) is 8.90. The molecule has 0 fully saturated rings. The van der Waals surface area contributed by atoms with E-state index < -0.39 is 5.97 Å². The van der Waals surface area contributed by atoms with E-state index in [1.54, 1.807) is 11.9 Å². The molecule has 0 aliphatic heterocycles. The van der Waals surface area contributed by atoms with Gasteiger partial charge in [-0.2, -0.15) is 0 Å². The van der Waals surface area contributed by atoms with E-state index in [4.69, 9.17) is 5.11 Å². The predicted molar refractivity (Wildman–Crippen MR) is 72.5 cm³/mol. The van der Waals surface area contributed by atoms with Crippen molar-refractivity contribution in [3.05, 3.63) is 16.1 Å². The van der Waals surface area contributed by atoms with Gasteiger partial charge in [-0.15, -0.1) is 11.3 Å². The minimum atomic E-state index is -1.06. The lowest BCUT2D eigenvalue weighted by molar-refractivity contribution is 0.0691. The number of hydrogen-bond acceptors (Lipinski definition) is 5. The molecule has 0 radical (unpaired) electrons. The van der Waals surface area contributed by atoms with Gasteiger partial charge < -0.3 is 20.2 Å². The van der Waals surface area contributed by atoms with Gasteiger partial charge in [0.2, 0.25) is 0 Å². The van der Waals surface area contributed by atoms with Gasteiger partial charge in [0.25, 0.3) is 0 Å². The third-order valence-electron chi connectivity index (χ3n) is 2.39. The number of carbonyl (C=O) groups excluding carboxylic acids is 1. The molecule has 0 aliphatic carbocycles. The Morgan fingerprint density at radius 3 is 2.58 bits per heavy atom. The molecule has 1 aromatic heterocycles. The third kappa shape index (κ3) is 5.23. The van der Waals surface area contributed by atoms with E-state index >= 15 is 0 Å². The number of likely N-dealkylation sites (N-methyl/N-ethyl adjacent to an activating group) is 2. The van der Waals surface area contributed by atoms with Gasteiger partial charge in [-0.05, 0) is 14.1 Å². The number of aromatic nitrogens is 1. The lowest BCUT2D eigenvalue weighted by atomic mass is 10.5. The van der Waals surface area contributed by atoms with Crippen molar-refractivity contribution in [2.24, 2.45) is 0 Å². The van der Waals surface area contributed by atoms with E-state index in [0.29, 0.717) is 11.6 Å². The standard InChI is InChI=1S/C11H18N4O3S/c1-14(2)4-5-15(3)11(18)12-6-9-13-8(7-19-9)10(16)17/h7H,4-6H2,1-3H3,(H,12,18)(H,16,17). The zero-order valence-electron chi connectivity index (χ0n) is 11.2. The van der Waals surface area contributed by atoms with Crippen molar-refractivity contribution in [1.82, 2.24) is 20.1 Å². The Bertz CT molecular complexity index is 447. The van der Waals surface area contributed by atoms with E-state index in [1.807, 2.05) is 19.0 Å². The summed E-state index contributed by atoms with van der Waals surface area (Å²) in [7, 11) is 5.59. The van der Waals surface area contributed by atoms with Crippen LogP contribution in [-0.2, 0) is 6.54 Å². The van der Waals surface area contributed by atoms with Crippen molar-refractivity contribution in [1.29, 1.82) is 0 Å². The number of aromatic carboxylic acids is 1. The van der Waals surface area contributed by atoms with Crippen LogP contribution in [0.25, 0.3) is 0 Å². The molecule has 0 saturated heterocycles. The molecule has 1 rings (SSSR count). The zero-order valence-corrected chi connectivity index (χ0v) is 12.0. The summed E-state index contributed by atoms with van der Waals surface area (Å²) in [6.07, 6.45) is 0. The number of nitrogens with one attached hydrogen (secondary N) is 1. The summed E-state index contributed by atoms with van der Waals surface area (Å²) in [4.78, 5) is 29.8. The van der Waals surface area contributed by atoms with Crippen LogP contribution in [0.2, 0.25) is 0 Å². The number of thiazole rings is 1. The Hall–Kier alpha value is -1.67. The Labute approximate surface area is 115 Å². The first kappa shape index (κ1) is 15.4. The number of amides is 2. The molecule has 1 aromatic rings. The highest BCUT2D eigenvalue weighted by molar-refractivity contribution is 7.09. The van der Waals surface area contributed by atoms with Crippen LogP contribution in [0.3, 0.4) is 0 Å². The maximum Gasteiger partial charge on any atom is 0.355 e. The smallest absolute Gasteiger partial charge is 0.355 e. The number of carboxylic acid groups (broad SMARTS) is 1. The van der Waals surface area contributed by atoms with Crippen LogP contribution >= 0.6 is 11.3 Å². The first-order valence-electron chi connectivity index (χ1n) is 5.71. The minimum Gasteiger partial charge on any atom is -0.476 e. The number of nitrogens with zero attached hydrogens (tertiary/aromatic N) is 3. The molecule has 1 heterocycles. The van der Waals surface area contributed by atoms with E-state index in [1.165, 1.54) is 16.7 Å². The van der Waals surface area contributed by atoms with Crippen LogP contribution < -0.4 is 5.32 Å². The van der Waals surface area contributed by atoms with Crippen LogP contribution in [0.1, 0.15) is 15.5 Å². The average Bonchev–Trinajstić information content (AvgIpc) is 2.81. The van der Waals surface area contributed by atoms with Gasteiger partial charge in [0.1, 0.15) is 5.01 Å². The molecule has 8 heteroatoms. The molecule has 0 spiro atoms. The fourth-order valence-electron chi connectivity index (χ4n) is 1.23. The lowest BCUT2D eigenvalue weighted by Crippen LogP contribution is -2.40. The molecule has 0 atom stereocenters. The Kier molecular flexibility index (Phi) is 5.71. The van der Waals surface area contributed by atoms with Gasteiger partial charge in [-0.25, -0.2) is 14.6 Å². The number of urea groups is 1. The van der Waals surface area contributed by atoms with Gasteiger partial charge in [-0.1, -0.05) is 0 Å². The molecule has 19 heavy (non-hydrogen) atoms. The molecular weight excluding hydrogens is 268 g/mol. The number of hydrogen-bond donors (Lipinski definition) is 2. The largest absolute Gasteiger partial charge is 0.476 e. The first-order valence-corrected chi connectivity index (χ1v) is 6.59. The van der Waals surface area contributed by atoms with E-state index in [2.05, 4.69) is 10.3 Å². The second-order valence-corrected chi connectivity index (χ2v) is 5.26. The maximum atomic E-state index is 11.7. The second-order valence-electron chi connectivity index (χ2n) is 4.32. The highest BCUT2D eigenvalue weighted by atomic mass is 32.1. The molecule has 0 aromatic carbocycles. The SMILES string of the molecule is CN(C)CCN(C)C(=O)NCc1nc(C(=O)O)cs1. The number of carbonyl (C=O) groups is 2. The van der Waals surface area contributed by atoms with Crippen molar-refractivity contribution in [3.8, 4) is 0 Å². The molecule has 0 bridgehead atoms. The Balaban J connectivity index is 2.38. The summed E-state index contributed by atoms with van der Waals surface area (Å²) >= 11 is 1.22. The molecule has 2 N–H and O–H groups in total. The molecule has 0 unspecified atom stereocenters. The highest BCUT2D eigenvalue weighted by Crippen LogP contribution is 2.09. The third-order valence-corrected chi connectivity index (χ3v) is 3.24. The molecule has 2 amide bonds. The molecule has 0 aliphatic rings. The molecular formula is C11H18N4O3S. The zero-order chi connectivity index (χ0) is 14.4. The summed E-state index contributed by atoms with van der Waals surface area (Å²) in [6.45, 7) is 1.64. The van der Waals surface area contributed by atoms with Crippen LogP contribution in [0.15, 0.2) is 5.38 Å². The van der Waals surface area contributed by atoms with E-state index in [0.717, 1.165) is 6.54 Å². The average molecular weight is 286 g/mol. The van der Waals surface area contributed by atoms with Gasteiger partial charge in [0.15, 0.2) is 5.69 Å². The van der Waals surface area contributed by atoms with Crippen molar-refractivity contribution >= 4 is 23.3 Å². The lowest BCUT2D eigenvalue weighted by Gasteiger charge is -2.19. The normalized spacial score (nSPS) is 10.5. The summed E-state index contributed by atoms with van der Waals surface area (Å²) in [5, 5.41) is 13.5. The minimum absolute atomic E-state index is 0.00945. The van der Waals surface area contributed by atoms with Crippen molar-refractivity contribution < 1.29 is 14.7 Å². The second kappa shape index (κ2) is 7.05. The fourth-order valence-corrected chi connectivity index (χ4v) is 1.94. The van der Waals surface area contributed by atoms with Crippen LogP contribution in [0.4, 0.5) is 4.79 Å². The van der Waals surface area contributed by atoms with E-state index in [9.17, 15) is 9.59 Å². The quantitative estimate of drug-likeness (QED) is 0.797. The number of rotatable bonds is 6. The molecule has 106 valence electrons. The van der Waals surface area contributed by atoms with E-state index in [-0.39, 0.29) is 18.3 Å². The van der Waals surface area contributed by atoms with Crippen molar-refractivity contribution in [3.63, 3.8) is 0 Å². The topological polar surface area (TPSA) is 85.8 Å². The summed E-state index contributed by atoms with van der Waals surface area (Å²) in [5.74, 6) is -1.06. The summed E-state index contributed by atoms with van der Waals surface area (Å²) < 4.78 is 0. The van der Waals surface area contributed by atoms with Gasteiger partial charge in [0, 0.05) is 25.5 Å². The monoisotopic (exact) mass is 286 g/mol. The highest BCUT2D eigenvalue weighted by Gasteiger charge is 2.11. The van der Waals surface area contributed by atoms with Gasteiger partial charge in [0.05, 0.1) is 6.54 Å². The fraction of sp³-hybridized carbons (Fsp3) is 0.545. The van der Waals surface area contributed by atoms with Crippen LogP contribution in [0.5, 0.6) is 0 Å². The summed E-state index contributed by atoms with van der Waals surface area (Å²) in [6, 6.07) is -0.200. The van der Waals surface area contributed by atoms with Gasteiger partial charge in [-0.3, -0.25) is 0 Å². The van der Waals surface area contributed by atoms with Crippen LogP contribution in [0, 0.1) is 0 Å². The predicted octanol–water partition coefficient (Wildman–Crippen LogP) is 0.544. The molecule has 7 nitrogen and oxygen atoms in total.